The molecule has 1 heterocycles. The second kappa shape index (κ2) is 11.3. The Labute approximate surface area is 170 Å². The summed E-state index contributed by atoms with van der Waals surface area (Å²) in [4.78, 5) is 18.2. The molecule has 8 heteroatoms. The van der Waals surface area contributed by atoms with Crippen molar-refractivity contribution in [2.75, 3.05) is 33.3 Å². The van der Waals surface area contributed by atoms with E-state index in [2.05, 4.69) is 10.3 Å². The lowest BCUT2D eigenvalue weighted by molar-refractivity contribution is -0.149. The highest BCUT2D eigenvalue weighted by Crippen LogP contribution is 2.18. The summed E-state index contributed by atoms with van der Waals surface area (Å²) >= 11 is 0. The number of piperidine rings is 1. The van der Waals surface area contributed by atoms with Crippen LogP contribution in [-0.2, 0) is 16.0 Å². The van der Waals surface area contributed by atoms with Crippen LogP contribution < -0.4 is 5.32 Å². The lowest BCUT2D eigenvalue weighted by atomic mass is 9.98. The van der Waals surface area contributed by atoms with Crippen molar-refractivity contribution in [3.05, 3.63) is 35.4 Å². The molecule has 1 saturated heterocycles. The number of halogens is 3. The Bertz CT molecular complexity index is 628. The molecule has 0 spiro atoms. The highest BCUT2D eigenvalue weighted by Gasteiger charge is 2.28. The van der Waals surface area contributed by atoms with Crippen LogP contribution in [0.25, 0.3) is 0 Å². The average Bonchev–Trinajstić information content (AvgIpc) is 2.60. The van der Waals surface area contributed by atoms with Gasteiger partial charge < -0.3 is 15.0 Å². The SMILES string of the molecule is CCOC(=O)C1CCCN(C(=NC)NCCc2ccc(F)cc2F)C1.I. The van der Waals surface area contributed by atoms with Gasteiger partial charge >= 0.3 is 5.97 Å². The van der Waals surface area contributed by atoms with E-state index in [1.165, 1.54) is 12.1 Å². The second-order valence-electron chi connectivity index (χ2n) is 6.00. The molecule has 0 aliphatic carbocycles. The Balaban J connectivity index is 0.00000338. The fourth-order valence-corrected chi connectivity index (χ4v) is 2.99. The maximum atomic E-state index is 13.7. The molecule has 0 amide bonds. The third kappa shape index (κ3) is 6.37. The number of likely N-dealkylation sites (tertiary alicyclic amines) is 1. The Hall–Kier alpha value is -1.45. The minimum Gasteiger partial charge on any atom is -0.466 e. The number of ether oxygens (including phenoxy) is 1. The second-order valence-corrected chi connectivity index (χ2v) is 6.00. The van der Waals surface area contributed by atoms with Crippen molar-refractivity contribution >= 4 is 35.9 Å². The minimum absolute atomic E-state index is 0. The predicted molar refractivity (Wildman–Crippen MR) is 108 cm³/mol. The molecule has 1 unspecified atom stereocenters. The van der Waals surface area contributed by atoms with E-state index in [0.717, 1.165) is 25.5 Å². The van der Waals surface area contributed by atoms with Crippen LogP contribution in [0.2, 0.25) is 0 Å². The highest BCUT2D eigenvalue weighted by atomic mass is 127. The van der Waals surface area contributed by atoms with Gasteiger partial charge in [-0.15, -0.1) is 24.0 Å². The van der Waals surface area contributed by atoms with Crippen molar-refractivity contribution in [2.24, 2.45) is 10.9 Å². The molecule has 1 fully saturated rings. The number of nitrogens with one attached hydrogen (secondary N) is 1. The van der Waals surface area contributed by atoms with Gasteiger partial charge in [0.1, 0.15) is 11.6 Å². The molecule has 1 aliphatic heterocycles. The van der Waals surface area contributed by atoms with E-state index in [1.54, 1.807) is 14.0 Å². The van der Waals surface area contributed by atoms with E-state index in [4.69, 9.17) is 4.74 Å². The van der Waals surface area contributed by atoms with Crippen LogP contribution in [0, 0.1) is 17.6 Å². The zero-order valence-electron chi connectivity index (χ0n) is 15.1. The first-order valence-electron chi connectivity index (χ1n) is 8.61. The van der Waals surface area contributed by atoms with Crippen LogP contribution in [-0.4, -0.2) is 50.1 Å². The van der Waals surface area contributed by atoms with Crippen molar-refractivity contribution in [1.29, 1.82) is 0 Å². The molecule has 1 aromatic rings. The molecular formula is C18H26F2IN3O2. The molecule has 1 N–H and O–H groups in total. The molecule has 1 aromatic carbocycles. The van der Waals surface area contributed by atoms with Gasteiger partial charge in [0.2, 0.25) is 0 Å². The molecule has 1 aliphatic rings. The van der Waals surface area contributed by atoms with Crippen LogP contribution in [0.15, 0.2) is 23.2 Å². The molecule has 0 saturated carbocycles. The van der Waals surface area contributed by atoms with E-state index in [0.29, 0.717) is 37.6 Å². The van der Waals surface area contributed by atoms with Gasteiger partial charge in [-0.25, -0.2) is 8.78 Å². The summed E-state index contributed by atoms with van der Waals surface area (Å²) in [6, 6.07) is 3.59. The Morgan fingerprint density at radius 1 is 1.42 bits per heavy atom. The quantitative estimate of drug-likeness (QED) is 0.304. The minimum atomic E-state index is -0.580. The van der Waals surface area contributed by atoms with Gasteiger partial charge in [-0.1, -0.05) is 6.07 Å². The van der Waals surface area contributed by atoms with Crippen LogP contribution >= 0.6 is 24.0 Å². The Morgan fingerprint density at radius 2 is 2.19 bits per heavy atom. The summed E-state index contributed by atoms with van der Waals surface area (Å²) in [5, 5.41) is 3.18. The fraction of sp³-hybridized carbons (Fsp3) is 0.556. The van der Waals surface area contributed by atoms with Gasteiger partial charge in [-0.2, -0.15) is 0 Å². The number of carbonyl (C=O) groups is 1. The number of aliphatic imine (C=N–C) groups is 1. The number of hydrogen-bond acceptors (Lipinski definition) is 3. The molecule has 0 bridgehead atoms. The van der Waals surface area contributed by atoms with Crippen LogP contribution in [0.3, 0.4) is 0 Å². The first-order chi connectivity index (χ1) is 12.0. The van der Waals surface area contributed by atoms with Gasteiger partial charge in [0.25, 0.3) is 0 Å². The highest BCUT2D eigenvalue weighted by molar-refractivity contribution is 14.0. The third-order valence-electron chi connectivity index (χ3n) is 4.25. The molecule has 5 nitrogen and oxygen atoms in total. The van der Waals surface area contributed by atoms with E-state index in [-0.39, 0.29) is 35.9 Å². The number of guanidine groups is 1. The van der Waals surface area contributed by atoms with Gasteiger partial charge in [0.05, 0.1) is 12.5 Å². The third-order valence-corrected chi connectivity index (χ3v) is 4.25. The van der Waals surface area contributed by atoms with Crippen LogP contribution in [0.4, 0.5) is 8.78 Å². The zero-order chi connectivity index (χ0) is 18.2. The van der Waals surface area contributed by atoms with Crippen molar-refractivity contribution in [3.8, 4) is 0 Å². The molecule has 146 valence electrons. The predicted octanol–water partition coefficient (Wildman–Crippen LogP) is 2.98. The van der Waals surface area contributed by atoms with E-state index >= 15 is 0 Å². The monoisotopic (exact) mass is 481 g/mol. The lowest BCUT2D eigenvalue weighted by Gasteiger charge is -2.34. The summed E-state index contributed by atoms with van der Waals surface area (Å²) in [7, 11) is 1.68. The normalized spacial score (nSPS) is 17.5. The molecule has 0 radical (unpaired) electrons. The van der Waals surface area contributed by atoms with Crippen LogP contribution in [0.1, 0.15) is 25.3 Å². The Kier molecular flexibility index (Phi) is 9.82. The van der Waals surface area contributed by atoms with Gasteiger partial charge in [0, 0.05) is 32.7 Å². The number of benzene rings is 1. The number of esters is 1. The Morgan fingerprint density at radius 3 is 2.85 bits per heavy atom. The molecule has 0 aromatic heterocycles. The van der Waals surface area contributed by atoms with Gasteiger partial charge in [0.15, 0.2) is 5.96 Å². The number of nitrogens with zero attached hydrogens (tertiary/aromatic N) is 2. The summed E-state index contributed by atoms with van der Waals surface area (Å²) in [6.45, 7) is 4.01. The van der Waals surface area contributed by atoms with Crippen LogP contribution in [0.5, 0.6) is 0 Å². The molecule has 1 atom stereocenters. The van der Waals surface area contributed by atoms with Crippen molar-refractivity contribution in [2.45, 2.75) is 26.2 Å². The number of carbonyl (C=O) groups excluding carboxylic acids is 1. The summed E-state index contributed by atoms with van der Waals surface area (Å²) < 4.78 is 31.7. The summed E-state index contributed by atoms with van der Waals surface area (Å²) in [5.41, 5.74) is 0.451. The van der Waals surface area contributed by atoms with Crippen molar-refractivity contribution < 1.29 is 18.3 Å². The fourth-order valence-electron chi connectivity index (χ4n) is 2.99. The maximum Gasteiger partial charge on any atom is 0.310 e. The number of rotatable bonds is 5. The smallest absolute Gasteiger partial charge is 0.310 e. The summed E-state index contributed by atoms with van der Waals surface area (Å²) in [6.07, 6.45) is 2.12. The van der Waals surface area contributed by atoms with Gasteiger partial charge in [-0.3, -0.25) is 9.79 Å². The van der Waals surface area contributed by atoms with Gasteiger partial charge in [-0.05, 0) is 37.8 Å². The average molecular weight is 481 g/mol. The van der Waals surface area contributed by atoms with Crippen molar-refractivity contribution in [3.63, 3.8) is 0 Å². The first-order valence-corrected chi connectivity index (χ1v) is 8.61. The van der Waals surface area contributed by atoms with E-state index in [9.17, 15) is 13.6 Å². The van der Waals surface area contributed by atoms with E-state index < -0.39 is 11.6 Å². The zero-order valence-corrected chi connectivity index (χ0v) is 17.5. The molecule has 2 rings (SSSR count). The largest absolute Gasteiger partial charge is 0.466 e. The molecular weight excluding hydrogens is 455 g/mol. The van der Waals surface area contributed by atoms with E-state index in [1.807, 2.05) is 4.90 Å². The lowest BCUT2D eigenvalue weighted by Crippen LogP contribution is -2.48. The summed E-state index contributed by atoms with van der Waals surface area (Å²) in [5.74, 6) is -0.769. The maximum absolute atomic E-state index is 13.7. The number of hydrogen-bond donors (Lipinski definition) is 1. The van der Waals surface area contributed by atoms with Crippen molar-refractivity contribution in [1.82, 2.24) is 10.2 Å². The molecule has 26 heavy (non-hydrogen) atoms. The first kappa shape index (κ1) is 22.6. The standard InChI is InChI=1S/C18H25F2N3O2.HI/c1-3-25-17(24)14-5-4-10-23(12-14)18(21-2)22-9-8-13-6-7-15(19)11-16(13)20;/h6-7,11,14H,3-5,8-10,12H2,1-2H3,(H,21,22);1H. The topological polar surface area (TPSA) is 53.9 Å².